The Morgan fingerprint density at radius 3 is 1.48 bits per heavy atom. The molecule has 2 aromatic carbocycles. The molecule has 11 nitrogen and oxygen atoms in total. The number of carbonyl (C=O) groups is 4. The highest BCUT2D eigenvalue weighted by atomic mass is 16.4. The van der Waals surface area contributed by atoms with E-state index in [1.165, 1.54) is 17.7 Å². The number of carboxylic acid groups (broad SMARTS) is 4. The second-order valence-corrected chi connectivity index (χ2v) is 8.90. The van der Waals surface area contributed by atoms with Crippen molar-refractivity contribution < 1.29 is 39.6 Å². The molecule has 1 aliphatic rings. The molecule has 1 aliphatic heterocycles. The number of aliphatic carboxylic acids is 4. The molecule has 3 rings (SSSR count). The molecular weight excluding hydrogens is 518 g/mol. The Hall–Kier alpha value is -4.48. The number of nitrogens with zero attached hydrogens (tertiary/aromatic N) is 3. The van der Waals surface area contributed by atoms with Gasteiger partial charge in [0.05, 0.1) is 0 Å². The SMILES string of the molecule is CN(C)CCC(c1ccccc1)N1CCN(c2ccccc2)CC1.O=C(O)/C=C/C(=O)O.O=C(O)/C=C/C(=O)O. The van der Waals surface area contributed by atoms with Crippen LogP contribution in [-0.4, -0.2) is 101 Å². The molecule has 0 radical (unpaired) electrons. The van der Waals surface area contributed by atoms with E-state index in [0.717, 1.165) is 32.7 Å². The van der Waals surface area contributed by atoms with Crippen molar-refractivity contribution in [1.29, 1.82) is 0 Å². The van der Waals surface area contributed by atoms with Crippen molar-refractivity contribution in [3.8, 4) is 0 Å². The standard InChI is InChI=1S/C21H29N3.2C4H4O4/c1-22(2)14-13-21(19-9-5-3-6-10-19)24-17-15-23(16-18-24)20-11-7-4-8-12-20;2*5-3(6)1-2-4(7)8/h3-12,21H,13-18H2,1-2H3;2*1-2H,(H,5,6)(H,7,8)/b;2*2-1+. The number of benzene rings is 2. The molecule has 0 aliphatic carbocycles. The van der Waals surface area contributed by atoms with Gasteiger partial charge in [-0.1, -0.05) is 48.5 Å². The lowest BCUT2D eigenvalue weighted by Crippen LogP contribution is -2.48. The lowest BCUT2D eigenvalue weighted by molar-refractivity contribution is -0.134. The summed E-state index contributed by atoms with van der Waals surface area (Å²) in [6.07, 6.45) is 3.41. The Morgan fingerprint density at radius 2 is 1.10 bits per heavy atom. The summed E-state index contributed by atoms with van der Waals surface area (Å²) in [4.78, 5) is 45.7. The minimum absolute atomic E-state index is 0.520. The van der Waals surface area contributed by atoms with Crippen LogP contribution in [0.4, 0.5) is 5.69 Å². The molecule has 1 fully saturated rings. The van der Waals surface area contributed by atoms with Gasteiger partial charge in [0.2, 0.25) is 0 Å². The van der Waals surface area contributed by atoms with Gasteiger partial charge < -0.3 is 30.2 Å². The van der Waals surface area contributed by atoms with E-state index in [1.807, 2.05) is 0 Å². The first kappa shape index (κ1) is 33.5. The van der Waals surface area contributed by atoms with Gasteiger partial charge >= 0.3 is 23.9 Å². The maximum Gasteiger partial charge on any atom is 0.328 e. The Morgan fingerprint density at radius 1 is 0.700 bits per heavy atom. The monoisotopic (exact) mass is 555 g/mol. The van der Waals surface area contributed by atoms with Gasteiger partial charge in [-0.3, -0.25) is 4.90 Å². The first-order chi connectivity index (χ1) is 19.0. The minimum Gasteiger partial charge on any atom is -0.478 e. The third kappa shape index (κ3) is 15.1. The van der Waals surface area contributed by atoms with Crippen LogP contribution in [0.3, 0.4) is 0 Å². The molecule has 0 aromatic heterocycles. The Balaban J connectivity index is 0.000000412. The van der Waals surface area contributed by atoms with E-state index < -0.39 is 23.9 Å². The van der Waals surface area contributed by atoms with Crippen LogP contribution in [0, 0.1) is 0 Å². The number of hydrogen-bond acceptors (Lipinski definition) is 7. The minimum atomic E-state index is -1.26. The summed E-state index contributed by atoms with van der Waals surface area (Å²) in [7, 11) is 4.32. The third-order valence-electron chi connectivity index (χ3n) is 5.65. The largest absolute Gasteiger partial charge is 0.478 e. The van der Waals surface area contributed by atoms with Gasteiger partial charge in [0, 0.05) is 62.2 Å². The van der Waals surface area contributed by atoms with E-state index in [1.54, 1.807) is 0 Å². The molecule has 216 valence electrons. The lowest BCUT2D eigenvalue weighted by Gasteiger charge is -2.40. The van der Waals surface area contributed by atoms with Crippen molar-refractivity contribution in [3.05, 3.63) is 90.5 Å². The highest BCUT2D eigenvalue weighted by Crippen LogP contribution is 2.27. The van der Waals surface area contributed by atoms with Crippen LogP contribution < -0.4 is 4.90 Å². The van der Waals surface area contributed by atoms with Gasteiger partial charge in [-0.25, -0.2) is 19.2 Å². The molecule has 2 aromatic rings. The van der Waals surface area contributed by atoms with Crippen molar-refractivity contribution in [1.82, 2.24) is 9.80 Å². The van der Waals surface area contributed by atoms with Gasteiger partial charge in [0.25, 0.3) is 0 Å². The second-order valence-electron chi connectivity index (χ2n) is 8.90. The predicted molar refractivity (Wildman–Crippen MR) is 151 cm³/mol. The normalized spacial score (nSPS) is 14.1. The van der Waals surface area contributed by atoms with E-state index in [4.69, 9.17) is 20.4 Å². The van der Waals surface area contributed by atoms with Crippen LogP contribution in [0.2, 0.25) is 0 Å². The smallest absolute Gasteiger partial charge is 0.328 e. The van der Waals surface area contributed by atoms with Crippen LogP contribution >= 0.6 is 0 Å². The zero-order chi connectivity index (χ0) is 29.9. The Bertz CT molecular complexity index is 1050. The summed E-state index contributed by atoms with van der Waals surface area (Å²) in [5.74, 6) is -5.03. The molecule has 11 heteroatoms. The zero-order valence-electron chi connectivity index (χ0n) is 22.7. The number of anilines is 1. The molecule has 0 amide bonds. The fraction of sp³-hybridized carbons (Fsp3) is 0.310. The van der Waals surface area contributed by atoms with Crippen molar-refractivity contribution in [2.75, 3.05) is 51.7 Å². The summed E-state index contributed by atoms with van der Waals surface area (Å²) < 4.78 is 0. The first-order valence-corrected chi connectivity index (χ1v) is 12.5. The lowest BCUT2D eigenvalue weighted by atomic mass is 10.0. The van der Waals surface area contributed by atoms with Crippen molar-refractivity contribution in [2.24, 2.45) is 0 Å². The van der Waals surface area contributed by atoms with E-state index in [0.29, 0.717) is 30.3 Å². The molecule has 0 saturated carbocycles. The number of carboxylic acids is 4. The number of para-hydroxylation sites is 1. The van der Waals surface area contributed by atoms with E-state index in [9.17, 15) is 19.2 Å². The Kier molecular flexibility index (Phi) is 15.7. The van der Waals surface area contributed by atoms with Gasteiger partial charge in [-0.05, 0) is 44.8 Å². The van der Waals surface area contributed by atoms with E-state index >= 15 is 0 Å². The van der Waals surface area contributed by atoms with Crippen molar-refractivity contribution >= 4 is 29.6 Å². The van der Waals surface area contributed by atoms with Gasteiger partial charge in [0.1, 0.15) is 0 Å². The van der Waals surface area contributed by atoms with Crippen molar-refractivity contribution in [2.45, 2.75) is 12.5 Å². The fourth-order valence-corrected chi connectivity index (χ4v) is 3.83. The highest BCUT2D eigenvalue weighted by molar-refractivity contribution is 5.90. The highest BCUT2D eigenvalue weighted by Gasteiger charge is 2.25. The van der Waals surface area contributed by atoms with E-state index in [-0.39, 0.29) is 0 Å². The average Bonchev–Trinajstić information content (AvgIpc) is 2.93. The number of piperazine rings is 1. The van der Waals surface area contributed by atoms with Crippen LogP contribution in [0.15, 0.2) is 85.0 Å². The molecule has 0 spiro atoms. The zero-order valence-corrected chi connectivity index (χ0v) is 22.7. The molecule has 1 unspecified atom stereocenters. The summed E-state index contributed by atoms with van der Waals surface area (Å²) in [5.41, 5.74) is 2.80. The third-order valence-corrected chi connectivity index (χ3v) is 5.65. The van der Waals surface area contributed by atoms with Gasteiger partial charge in [-0.2, -0.15) is 0 Å². The molecular formula is C29H37N3O8. The van der Waals surface area contributed by atoms with Gasteiger partial charge in [-0.15, -0.1) is 0 Å². The molecule has 4 N–H and O–H groups in total. The van der Waals surface area contributed by atoms with Crippen LogP contribution in [0.25, 0.3) is 0 Å². The number of rotatable bonds is 10. The summed E-state index contributed by atoms with van der Waals surface area (Å²) in [6, 6.07) is 22.3. The van der Waals surface area contributed by atoms with Gasteiger partial charge in [0.15, 0.2) is 0 Å². The van der Waals surface area contributed by atoms with Crippen LogP contribution in [-0.2, 0) is 19.2 Å². The maximum atomic E-state index is 9.55. The summed E-state index contributed by atoms with van der Waals surface area (Å²) in [5, 5.41) is 31.2. The van der Waals surface area contributed by atoms with E-state index in [2.05, 4.69) is 89.5 Å². The molecule has 40 heavy (non-hydrogen) atoms. The maximum absolute atomic E-state index is 9.55. The predicted octanol–water partition coefficient (Wildman–Crippen LogP) is 2.93. The van der Waals surface area contributed by atoms with Crippen molar-refractivity contribution in [3.63, 3.8) is 0 Å². The molecule has 1 saturated heterocycles. The molecule has 0 bridgehead atoms. The van der Waals surface area contributed by atoms with Crippen LogP contribution in [0.5, 0.6) is 0 Å². The quantitative estimate of drug-likeness (QED) is 0.319. The molecule has 1 heterocycles. The Labute approximate surface area is 233 Å². The fourth-order valence-electron chi connectivity index (χ4n) is 3.83. The second kappa shape index (κ2) is 18.7. The number of hydrogen-bond donors (Lipinski definition) is 4. The average molecular weight is 556 g/mol. The summed E-state index contributed by atoms with van der Waals surface area (Å²) in [6.45, 7) is 5.59. The topological polar surface area (TPSA) is 159 Å². The molecule has 1 atom stereocenters. The first-order valence-electron chi connectivity index (χ1n) is 12.5. The van der Waals surface area contributed by atoms with Crippen LogP contribution in [0.1, 0.15) is 18.0 Å². The summed E-state index contributed by atoms with van der Waals surface area (Å²) >= 11 is 0.